The number of rotatable bonds is 4. The van der Waals surface area contributed by atoms with E-state index in [0.29, 0.717) is 30.1 Å². The minimum Gasteiger partial charge on any atom is -0.481 e. The topological polar surface area (TPSA) is 77.8 Å². The fourth-order valence-corrected chi connectivity index (χ4v) is 9.02. The van der Waals surface area contributed by atoms with E-state index in [-0.39, 0.29) is 23.7 Å². The zero-order chi connectivity index (χ0) is 20.3. The van der Waals surface area contributed by atoms with Crippen LogP contribution in [0.1, 0.15) is 91.4 Å². The van der Waals surface area contributed by atoms with E-state index in [2.05, 4.69) is 13.8 Å². The third kappa shape index (κ3) is 3.05. The second-order valence-electron chi connectivity index (χ2n) is 11.4. The van der Waals surface area contributed by atoms with Gasteiger partial charge in [-0.15, -0.1) is 0 Å². The molecule has 4 rings (SSSR count). The average Bonchev–Trinajstić information content (AvgIpc) is 2.84. The Labute approximate surface area is 170 Å². The number of carboxylic acids is 1. The number of carbonyl (C=O) groups is 1. The Morgan fingerprint density at radius 1 is 1.00 bits per heavy atom. The molecule has 0 aliphatic heterocycles. The van der Waals surface area contributed by atoms with E-state index in [9.17, 15) is 15.0 Å². The minimum atomic E-state index is -1.66. The van der Waals surface area contributed by atoms with Crippen LogP contribution in [0.2, 0.25) is 0 Å². The normalized spacial score (nSPS) is 48.2. The average molecular weight is 393 g/mol. The molecule has 4 saturated carbocycles. The van der Waals surface area contributed by atoms with E-state index >= 15 is 0 Å². The van der Waals surface area contributed by atoms with Crippen molar-refractivity contribution in [2.45, 2.75) is 97.2 Å². The highest BCUT2D eigenvalue weighted by Gasteiger charge is 2.66. The van der Waals surface area contributed by atoms with E-state index in [0.717, 1.165) is 18.3 Å². The molecule has 4 heteroatoms. The lowest BCUT2D eigenvalue weighted by atomic mass is 9.44. The Morgan fingerprint density at radius 3 is 2.46 bits per heavy atom. The Kier molecular flexibility index (Phi) is 5.14. The largest absolute Gasteiger partial charge is 0.481 e. The molecule has 4 aliphatic carbocycles. The molecule has 4 nitrogen and oxygen atoms in total. The molecule has 0 bridgehead atoms. The van der Waals surface area contributed by atoms with E-state index in [1.807, 2.05) is 6.92 Å². The quantitative estimate of drug-likeness (QED) is 0.599. The van der Waals surface area contributed by atoms with Crippen molar-refractivity contribution >= 4 is 5.97 Å². The van der Waals surface area contributed by atoms with Gasteiger partial charge in [0.05, 0.1) is 0 Å². The second-order valence-corrected chi connectivity index (χ2v) is 11.4. The summed E-state index contributed by atoms with van der Waals surface area (Å²) < 4.78 is 0. The van der Waals surface area contributed by atoms with Crippen molar-refractivity contribution in [1.82, 2.24) is 0 Å². The summed E-state index contributed by atoms with van der Waals surface area (Å²) in [5, 5.41) is 31.3. The lowest BCUT2D eigenvalue weighted by Crippen LogP contribution is -2.53. The molecule has 28 heavy (non-hydrogen) atoms. The number of fused-ring (bicyclic) bond motifs is 5. The number of aliphatic carboxylic acids is 1. The monoisotopic (exact) mass is 392 g/mol. The van der Waals surface area contributed by atoms with Gasteiger partial charge in [-0.3, -0.25) is 4.79 Å². The molecule has 0 aromatic heterocycles. The molecule has 0 spiro atoms. The number of hydrogen-bond donors (Lipinski definition) is 3. The highest BCUT2D eigenvalue weighted by molar-refractivity contribution is 5.66. The minimum absolute atomic E-state index is 0.0132. The van der Waals surface area contributed by atoms with Crippen LogP contribution in [0.4, 0.5) is 0 Å². The first kappa shape index (κ1) is 20.7. The van der Waals surface area contributed by atoms with E-state index in [1.165, 1.54) is 44.9 Å². The van der Waals surface area contributed by atoms with Crippen LogP contribution in [0, 0.1) is 46.3 Å². The van der Waals surface area contributed by atoms with Crippen LogP contribution in [-0.2, 0) is 4.79 Å². The smallest absolute Gasteiger partial charge is 0.303 e. The van der Waals surface area contributed by atoms with E-state index in [1.54, 1.807) is 0 Å². The SMILES string of the molecule is C[C@H](CCC(=O)O)[C@H]1C(O)(O)C[C@H]2[C@@H]3CCC4CCCC[C@]4(C)[C@H]3CC[C@@]21C. The van der Waals surface area contributed by atoms with E-state index < -0.39 is 11.8 Å². The molecule has 0 aromatic carbocycles. The predicted octanol–water partition coefficient (Wildman–Crippen LogP) is 4.83. The molecular weight excluding hydrogens is 352 g/mol. The maximum atomic E-state index is 11.1. The number of hydrogen-bond acceptors (Lipinski definition) is 3. The Bertz CT molecular complexity index is 616. The zero-order valence-corrected chi connectivity index (χ0v) is 18.0. The molecular formula is C24H40O4. The summed E-state index contributed by atoms with van der Waals surface area (Å²) >= 11 is 0. The summed E-state index contributed by atoms with van der Waals surface area (Å²) in [4.78, 5) is 11.1. The summed E-state index contributed by atoms with van der Waals surface area (Å²) in [7, 11) is 0. The lowest BCUT2D eigenvalue weighted by Gasteiger charge is -2.60. The summed E-state index contributed by atoms with van der Waals surface area (Å²) in [5.74, 6) is -0.0928. The van der Waals surface area contributed by atoms with Gasteiger partial charge in [-0.1, -0.05) is 33.6 Å². The van der Waals surface area contributed by atoms with Crippen molar-refractivity contribution in [1.29, 1.82) is 0 Å². The van der Waals surface area contributed by atoms with Gasteiger partial charge < -0.3 is 15.3 Å². The third-order valence-corrected chi connectivity index (χ3v) is 10.1. The highest BCUT2D eigenvalue weighted by atomic mass is 16.5. The van der Waals surface area contributed by atoms with Crippen molar-refractivity contribution < 1.29 is 20.1 Å². The first-order chi connectivity index (χ1) is 13.1. The van der Waals surface area contributed by atoms with Crippen LogP contribution < -0.4 is 0 Å². The molecule has 0 radical (unpaired) electrons. The highest BCUT2D eigenvalue weighted by Crippen LogP contribution is 2.69. The predicted molar refractivity (Wildman–Crippen MR) is 108 cm³/mol. The third-order valence-electron chi connectivity index (χ3n) is 10.1. The molecule has 4 fully saturated rings. The van der Waals surface area contributed by atoms with Gasteiger partial charge in [0.15, 0.2) is 5.79 Å². The van der Waals surface area contributed by atoms with Gasteiger partial charge in [0, 0.05) is 18.8 Å². The zero-order valence-electron chi connectivity index (χ0n) is 18.0. The molecule has 4 aliphatic rings. The van der Waals surface area contributed by atoms with Crippen molar-refractivity contribution in [3.63, 3.8) is 0 Å². The Morgan fingerprint density at radius 2 is 1.75 bits per heavy atom. The number of aliphatic hydroxyl groups is 2. The van der Waals surface area contributed by atoms with Crippen molar-refractivity contribution in [2.24, 2.45) is 46.3 Å². The van der Waals surface area contributed by atoms with Gasteiger partial charge in [0.25, 0.3) is 0 Å². The van der Waals surface area contributed by atoms with Gasteiger partial charge in [-0.25, -0.2) is 0 Å². The molecule has 8 atom stereocenters. The summed E-state index contributed by atoms with van der Waals surface area (Å²) in [5.41, 5.74) is 0.365. The van der Waals surface area contributed by atoms with Gasteiger partial charge in [-0.2, -0.15) is 0 Å². The van der Waals surface area contributed by atoms with Gasteiger partial charge >= 0.3 is 5.97 Å². The first-order valence-corrected chi connectivity index (χ1v) is 11.8. The summed E-state index contributed by atoms with van der Waals surface area (Å²) in [6, 6.07) is 0. The summed E-state index contributed by atoms with van der Waals surface area (Å²) in [6.07, 6.45) is 11.4. The maximum Gasteiger partial charge on any atom is 0.303 e. The molecule has 0 aromatic rings. The van der Waals surface area contributed by atoms with Gasteiger partial charge in [-0.05, 0) is 85.4 Å². The van der Waals surface area contributed by atoms with Crippen LogP contribution in [0.25, 0.3) is 0 Å². The van der Waals surface area contributed by atoms with Crippen LogP contribution in [0.5, 0.6) is 0 Å². The molecule has 160 valence electrons. The van der Waals surface area contributed by atoms with Crippen LogP contribution in [0.15, 0.2) is 0 Å². The molecule has 0 heterocycles. The summed E-state index contributed by atoms with van der Waals surface area (Å²) in [6.45, 7) is 6.87. The van der Waals surface area contributed by atoms with Crippen molar-refractivity contribution in [2.75, 3.05) is 0 Å². The fraction of sp³-hybridized carbons (Fsp3) is 0.958. The molecule has 1 unspecified atom stereocenters. The van der Waals surface area contributed by atoms with Crippen LogP contribution in [0.3, 0.4) is 0 Å². The molecule has 0 amide bonds. The van der Waals surface area contributed by atoms with Crippen LogP contribution >= 0.6 is 0 Å². The maximum absolute atomic E-state index is 11.1. The van der Waals surface area contributed by atoms with Gasteiger partial charge in [0.2, 0.25) is 0 Å². The van der Waals surface area contributed by atoms with Crippen molar-refractivity contribution in [3.05, 3.63) is 0 Å². The van der Waals surface area contributed by atoms with Gasteiger partial charge in [0.1, 0.15) is 0 Å². The first-order valence-electron chi connectivity index (χ1n) is 11.8. The van der Waals surface area contributed by atoms with Crippen LogP contribution in [-0.4, -0.2) is 27.1 Å². The standard InChI is InChI=1S/C24H40O4/c1-15(7-10-20(25)26)21-23(3)13-11-18-17(19(23)14-24(21,27)28)9-8-16-6-4-5-12-22(16,18)2/h15-19,21,27-28H,4-14H2,1-3H3,(H,25,26)/t15-,16?,17-,18+,19+,21-,22+,23+/m1/s1. The molecule has 0 saturated heterocycles. The Balaban J connectivity index is 1.60. The van der Waals surface area contributed by atoms with E-state index in [4.69, 9.17) is 5.11 Å². The Hall–Kier alpha value is -0.610. The second kappa shape index (κ2) is 6.97. The fourth-order valence-electron chi connectivity index (χ4n) is 9.02. The number of carboxylic acid groups (broad SMARTS) is 1. The van der Waals surface area contributed by atoms with Crippen molar-refractivity contribution in [3.8, 4) is 0 Å². The lowest BCUT2D eigenvalue weighted by molar-refractivity contribution is -0.211. The molecule has 3 N–H and O–H groups in total.